The SMILES string of the molecule is Cc1ccc(S(C)(=O)=O)cc1NC(C)c1sccc1Br. The van der Waals surface area contributed by atoms with Gasteiger partial charge < -0.3 is 5.32 Å². The molecule has 0 aliphatic rings. The van der Waals surface area contributed by atoms with Crippen LogP contribution in [0.1, 0.15) is 23.4 Å². The number of benzene rings is 1. The summed E-state index contributed by atoms with van der Waals surface area (Å²) in [4.78, 5) is 1.53. The first-order valence-corrected chi connectivity index (χ1v) is 9.65. The summed E-state index contributed by atoms with van der Waals surface area (Å²) in [7, 11) is -3.19. The van der Waals surface area contributed by atoms with Crippen molar-refractivity contribution < 1.29 is 8.42 Å². The molecule has 0 aliphatic heterocycles. The lowest BCUT2D eigenvalue weighted by atomic mass is 10.1. The fourth-order valence-electron chi connectivity index (χ4n) is 1.90. The van der Waals surface area contributed by atoms with E-state index in [-0.39, 0.29) is 6.04 Å². The van der Waals surface area contributed by atoms with Gasteiger partial charge in [0.1, 0.15) is 0 Å². The van der Waals surface area contributed by atoms with Gasteiger partial charge in [0.15, 0.2) is 9.84 Å². The highest BCUT2D eigenvalue weighted by Crippen LogP contribution is 2.32. The van der Waals surface area contributed by atoms with Crippen LogP contribution < -0.4 is 5.32 Å². The Morgan fingerprint density at radius 1 is 1.30 bits per heavy atom. The molecular formula is C14H16BrNO2S2. The van der Waals surface area contributed by atoms with E-state index in [1.807, 2.05) is 24.4 Å². The molecule has 20 heavy (non-hydrogen) atoms. The van der Waals surface area contributed by atoms with Crippen LogP contribution in [0, 0.1) is 6.92 Å². The molecule has 6 heteroatoms. The van der Waals surface area contributed by atoms with E-state index in [0.717, 1.165) is 15.7 Å². The summed E-state index contributed by atoms with van der Waals surface area (Å²) in [5.41, 5.74) is 1.87. The molecule has 1 N–H and O–H groups in total. The molecule has 1 atom stereocenters. The molecule has 0 amide bonds. The number of anilines is 1. The third-order valence-electron chi connectivity index (χ3n) is 3.05. The second-order valence-electron chi connectivity index (χ2n) is 4.75. The molecule has 0 aliphatic carbocycles. The molecule has 0 saturated carbocycles. The first-order valence-electron chi connectivity index (χ1n) is 6.09. The monoisotopic (exact) mass is 373 g/mol. The van der Waals surface area contributed by atoms with E-state index in [9.17, 15) is 8.42 Å². The van der Waals surface area contributed by atoms with Crippen molar-refractivity contribution in [3.63, 3.8) is 0 Å². The number of hydrogen-bond acceptors (Lipinski definition) is 4. The van der Waals surface area contributed by atoms with Gasteiger partial charge in [0.25, 0.3) is 0 Å². The predicted molar refractivity (Wildman–Crippen MR) is 88.3 cm³/mol. The van der Waals surface area contributed by atoms with E-state index in [2.05, 4.69) is 28.2 Å². The quantitative estimate of drug-likeness (QED) is 0.863. The van der Waals surface area contributed by atoms with Gasteiger partial charge in [-0.15, -0.1) is 11.3 Å². The van der Waals surface area contributed by atoms with Crippen LogP contribution in [0.2, 0.25) is 0 Å². The fourth-order valence-corrected chi connectivity index (χ4v) is 4.27. The maximum Gasteiger partial charge on any atom is 0.175 e. The molecule has 2 aromatic rings. The van der Waals surface area contributed by atoms with Crippen molar-refractivity contribution in [3.05, 3.63) is 44.6 Å². The largest absolute Gasteiger partial charge is 0.377 e. The van der Waals surface area contributed by atoms with Crippen LogP contribution in [0.15, 0.2) is 39.0 Å². The van der Waals surface area contributed by atoms with Gasteiger partial charge in [-0.05, 0) is 58.9 Å². The number of thiophene rings is 1. The van der Waals surface area contributed by atoms with Crippen molar-refractivity contribution in [1.29, 1.82) is 0 Å². The zero-order chi connectivity index (χ0) is 14.9. The van der Waals surface area contributed by atoms with Crippen LogP contribution in [0.3, 0.4) is 0 Å². The Morgan fingerprint density at radius 2 is 2.00 bits per heavy atom. The number of halogens is 1. The number of sulfone groups is 1. The fraction of sp³-hybridized carbons (Fsp3) is 0.286. The molecule has 0 fully saturated rings. The van der Waals surface area contributed by atoms with Gasteiger partial charge in [-0.25, -0.2) is 8.42 Å². The van der Waals surface area contributed by atoms with E-state index in [4.69, 9.17) is 0 Å². The molecule has 1 aromatic carbocycles. The van der Waals surface area contributed by atoms with Gasteiger partial charge in [-0.2, -0.15) is 0 Å². The first kappa shape index (κ1) is 15.5. The molecule has 0 spiro atoms. The first-order chi connectivity index (χ1) is 9.29. The maximum absolute atomic E-state index is 11.6. The highest BCUT2D eigenvalue weighted by atomic mass is 79.9. The average Bonchev–Trinajstić information content (AvgIpc) is 2.77. The van der Waals surface area contributed by atoms with Gasteiger partial charge >= 0.3 is 0 Å². The lowest BCUT2D eigenvalue weighted by Crippen LogP contribution is -2.08. The molecule has 108 valence electrons. The smallest absolute Gasteiger partial charge is 0.175 e. The third kappa shape index (κ3) is 3.42. The van der Waals surface area contributed by atoms with Crippen LogP contribution in [-0.2, 0) is 9.84 Å². The summed E-state index contributed by atoms with van der Waals surface area (Å²) in [5, 5.41) is 5.41. The minimum absolute atomic E-state index is 0.109. The molecule has 0 radical (unpaired) electrons. The minimum Gasteiger partial charge on any atom is -0.377 e. The highest BCUT2D eigenvalue weighted by Gasteiger charge is 2.14. The lowest BCUT2D eigenvalue weighted by Gasteiger charge is -2.17. The summed E-state index contributed by atoms with van der Waals surface area (Å²) < 4.78 is 24.3. The molecule has 0 bridgehead atoms. The normalized spacial score (nSPS) is 13.2. The van der Waals surface area contributed by atoms with Gasteiger partial charge in [-0.3, -0.25) is 0 Å². The van der Waals surface area contributed by atoms with Crippen LogP contribution in [0.25, 0.3) is 0 Å². The molecule has 1 unspecified atom stereocenters. The van der Waals surface area contributed by atoms with Crippen molar-refractivity contribution in [2.45, 2.75) is 24.8 Å². The second-order valence-corrected chi connectivity index (χ2v) is 8.57. The van der Waals surface area contributed by atoms with E-state index in [1.54, 1.807) is 23.5 Å². The predicted octanol–water partition coefficient (Wildman–Crippen LogP) is 4.40. The van der Waals surface area contributed by atoms with Crippen LogP contribution in [0.5, 0.6) is 0 Å². The van der Waals surface area contributed by atoms with Crippen molar-refractivity contribution in [2.75, 3.05) is 11.6 Å². The van der Waals surface area contributed by atoms with Crippen molar-refractivity contribution >= 4 is 42.8 Å². The van der Waals surface area contributed by atoms with E-state index in [0.29, 0.717) is 4.90 Å². The second kappa shape index (κ2) is 5.87. The van der Waals surface area contributed by atoms with Gasteiger partial charge in [0, 0.05) is 21.3 Å². The van der Waals surface area contributed by atoms with Gasteiger partial charge in [0.05, 0.1) is 10.9 Å². The Labute approximate surface area is 132 Å². The van der Waals surface area contributed by atoms with Crippen LogP contribution in [-0.4, -0.2) is 14.7 Å². The topological polar surface area (TPSA) is 46.2 Å². The average molecular weight is 374 g/mol. The minimum atomic E-state index is -3.19. The number of nitrogens with one attached hydrogen (secondary N) is 1. The summed E-state index contributed by atoms with van der Waals surface area (Å²) in [6, 6.07) is 7.29. The zero-order valence-corrected chi connectivity index (χ0v) is 14.7. The summed E-state index contributed by atoms with van der Waals surface area (Å²) in [5.74, 6) is 0. The Balaban J connectivity index is 2.32. The molecule has 0 saturated heterocycles. The number of aryl methyl sites for hydroxylation is 1. The molecular weight excluding hydrogens is 358 g/mol. The molecule has 2 rings (SSSR count). The lowest BCUT2D eigenvalue weighted by molar-refractivity contribution is 0.602. The van der Waals surface area contributed by atoms with Crippen LogP contribution >= 0.6 is 27.3 Å². The Hall–Kier alpha value is -0.850. The summed E-state index contributed by atoms with van der Waals surface area (Å²) in [6.45, 7) is 4.02. The third-order valence-corrected chi connectivity index (χ3v) is 6.21. The van der Waals surface area contributed by atoms with Crippen LogP contribution in [0.4, 0.5) is 5.69 Å². The van der Waals surface area contributed by atoms with Crippen molar-refractivity contribution in [1.82, 2.24) is 0 Å². The van der Waals surface area contributed by atoms with Crippen molar-refractivity contribution in [2.24, 2.45) is 0 Å². The molecule has 1 aromatic heterocycles. The summed E-state index contributed by atoms with van der Waals surface area (Å²) in [6.07, 6.45) is 1.22. The number of hydrogen-bond donors (Lipinski definition) is 1. The van der Waals surface area contributed by atoms with Gasteiger partial charge in [0.2, 0.25) is 0 Å². The zero-order valence-electron chi connectivity index (χ0n) is 11.5. The number of rotatable bonds is 4. The maximum atomic E-state index is 11.6. The standard InChI is InChI=1S/C14H16BrNO2S2/c1-9-4-5-11(20(3,17)18)8-13(9)16-10(2)14-12(15)6-7-19-14/h4-8,10,16H,1-3H3. The van der Waals surface area contributed by atoms with E-state index < -0.39 is 9.84 Å². The molecule has 1 heterocycles. The highest BCUT2D eigenvalue weighted by molar-refractivity contribution is 9.10. The molecule has 3 nitrogen and oxygen atoms in total. The van der Waals surface area contributed by atoms with E-state index in [1.165, 1.54) is 11.1 Å². The van der Waals surface area contributed by atoms with Gasteiger partial charge in [-0.1, -0.05) is 6.07 Å². The summed E-state index contributed by atoms with van der Waals surface area (Å²) >= 11 is 5.18. The Kier molecular flexibility index (Phi) is 4.56. The van der Waals surface area contributed by atoms with E-state index >= 15 is 0 Å². The Morgan fingerprint density at radius 3 is 2.55 bits per heavy atom. The van der Waals surface area contributed by atoms with Crippen molar-refractivity contribution in [3.8, 4) is 0 Å². The Bertz CT molecular complexity index is 723.